The number of aliphatic imine (C=N–C) groups is 1. The summed E-state index contributed by atoms with van der Waals surface area (Å²) < 4.78 is 4.59. The summed E-state index contributed by atoms with van der Waals surface area (Å²) in [6, 6.07) is 13.3. The number of methoxy groups -OCH3 is 1. The quantitative estimate of drug-likeness (QED) is 0.506. The van der Waals surface area contributed by atoms with Crippen LogP contribution in [0.5, 0.6) is 0 Å². The predicted octanol–water partition coefficient (Wildman–Crippen LogP) is 1.62. The molecular weight excluding hydrogens is 280 g/mol. The Labute approximate surface area is 128 Å². The molecule has 1 aromatic rings. The summed E-state index contributed by atoms with van der Waals surface area (Å²) in [5.74, 6) is -1.52. The first-order chi connectivity index (χ1) is 10.6. The molecule has 0 fully saturated rings. The second kappa shape index (κ2) is 6.55. The predicted molar refractivity (Wildman–Crippen MR) is 79.2 cm³/mol. The molecule has 0 bridgehead atoms. The summed E-state index contributed by atoms with van der Waals surface area (Å²) in [5, 5.41) is 18.7. The Bertz CT molecular complexity index is 723. The van der Waals surface area contributed by atoms with Gasteiger partial charge in [-0.3, -0.25) is 0 Å². The Morgan fingerprint density at radius 1 is 1.36 bits per heavy atom. The van der Waals surface area contributed by atoms with Crippen molar-refractivity contribution in [3.63, 3.8) is 0 Å². The van der Waals surface area contributed by atoms with E-state index in [9.17, 15) is 15.3 Å². The summed E-state index contributed by atoms with van der Waals surface area (Å²) in [6.45, 7) is 0. The fraction of sp³-hybridized carbons (Fsp3) is 0.250. The molecule has 22 heavy (non-hydrogen) atoms. The highest BCUT2D eigenvalue weighted by Crippen LogP contribution is 2.38. The average molecular weight is 294 g/mol. The minimum absolute atomic E-state index is 0.0782. The van der Waals surface area contributed by atoms with E-state index in [-0.39, 0.29) is 23.0 Å². The number of esters is 1. The number of nitrogens with two attached hydrogens (primary N) is 1. The maximum atomic E-state index is 11.7. The monoisotopic (exact) mass is 294 g/mol. The number of amidine groups is 1. The van der Waals surface area contributed by atoms with Gasteiger partial charge in [0.25, 0.3) is 0 Å². The van der Waals surface area contributed by atoms with Crippen LogP contribution in [0.2, 0.25) is 0 Å². The minimum atomic E-state index is -0.817. The fourth-order valence-corrected chi connectivity index (χ4v) is 2.49. The molecule has 1 heterocycles. The largest absolute Gasteiger partial charge is 0.465 e. The lowest BCUT2D eigenvalue weighted by Gasteiger charge is -2.27. The number of rotatable bonds is 2. The molecule has 1 aliphatic heterocycles. The molecule has 0 spiro atoms. The van der Waals surface area contributed by atoms with Crippen LogP contribution >= 0.6 is 0 Å². The number of carbonyl (C=O) groups excluding carboxylic acids is 1. The van der Waals surface area contributed by atoms with Gasteiger partial charge in [0.15, 0.2) is 5.57 Å². The van der Waals surface area contributed by atoms with Crippen LogP contribution in [0.3, 0.4) is 0 Å². The highest BCUT2D eigenvalue weighted by atomic mass is 16.5. The smallest absolute Gasteiger partial charge is 0.350 e. The van der Waals surface area contributed by atoms with E-state index in [1.165, 1.54) is 7.11 Å². The topological polar surface area (TPSA) is 112 Å². The molecule has 0 aliphatic carbocycles. The lowest BCUT2D eigenvalue weighted by Crippen LogP contribution is -2.29. The van der Waals surface area contributed by atoms with Gasteiger partial charge in [0, 0.05) is 12.3 Å². The molecule has 2 rings (SSSR count). The highest BCUT2D eigenvalue weighted by molar-refractivity contribution is 5.95. The highest BCUT2D eigenvalue weighted by Gasteiger charge is 2.35. The summed E-state index contributed by atoms with van der Waals surface area (Å²) in [7, 11) is 1.17. The zero-order valence-corrected chi connectivity index (χ0v) is 12.0. The number of nitriles is 2. The molecule has 6 nitrogen and oxygen atoms in total. The van der Waals surface area contributed by atoms with Crippen LogP contribution in [0.15, 0.2) is 46.6 Å². The summed E-state index contributed by atoms with van der Waals surface area (Å²) in [5.41, 5.74) is 6.56. The van der Waals surface area contributed by atoms with Gasteiger partial charge in [-0.05, 0) is 5.56 Å². The van der Waals surface area contributed by atoms with Crippen LogP contribution in [-0.4, -0.2) is 18.9 Å². The van der Waals surface area contributed by atoms with Crippen molar-refractivity contribution >= 4 is 11.8 Å². The first-order valence-electron chi connectivity index (χ1n) is 6.62. The van der Waals surface area contributed by atoms with Crippen LogP contribution in [0.25, 0.3) is 0 Å². The molecule has 0 saturated heterocycles. The van der Waals surface area contributed by atoms with Crippen molar-refractivity contribution < 1.29 is 9.53 Å². The van der Waals surface area contributed by atoms with E-state index in [2.05, 4.69) is 15.8 Å². The van der Waals surface area contributed by atoms with E-state index in [0.29, 0.717) is 6.42 Å². The summed E-state index contributed by atoms with van der Waals surface area (Å²) >= 11 is 0. The molecule has 0 amide bonds. The number of hydrogen-bond donors (Lipinski definition) is 1. The molecule has 2 atom stereocenters. The van der Waals surface area contributed by atoms with Crippen molar-refractivity contribution in [2.24, 2.45) is 16.6 Å². The number of ether oxygens (including phenoxy) is 1. The zero-order valence-electron chi connectivity index (χ0n) is 12.0. The molecule has 0 saturated carbocycles. The lowest BCUT2D eigenvalue weighted by molar-refractivity contribution is -0.135. The molecular formula is C16H14N4O2. The first kappa shape index (κ1) is 15.3. The third kappa shape index (κ3) is 2.82. The van der Waals surface area contributed by atoms with E-state index < -0.39 is 11.9 Å². The number of nitrogens with zero attached hydrogens (tertiary/aromatic N) is 3. The maximum absolute atomic E-state index is 11.7. The Balaban J connectivity index is 2.59. The van der Waals surface area contributed by atoms with Crippen molar-refractivity contribution in [1.29, 1.82) is 10.5 Å². The third-order valence-electron chi connectivity index (χ3n) is 3.51. The van der Waals surface area contributed by atoms with Crippen molar-refractivity contribution in [2.45, 2.75) is 12.3 Å². The van der Waals surface area contributed by atoms with Crippen LogP contribution in [0.1, 0.15) is 17.9 Å². The van der Waals surface area contributed by atoms with Crippen LogP contribution in [0.4, 0.5) is 0 Å². The SMILES string of the molecule is COC(=O)/C(C#N)=C1/N=C(N)CC(c2ccccc2)C1C#N. The van der Waals surface area contributed by atoms with Gasteiger partial charge in [0.05, 0.1) is 30.6 Å². The average Bonchev–Trinajstić information content (AvgIpc) is 2.55. The second-order valence-electron chi connectivity index (χ2n) is 4.79. The molecule has 6 heteroatoms. The lowest BCUT2D eigenvalue weighted by atomic mass is 9.79. The Kier molecular flexibility index (Phi) is 4.55. The van der Waals surface area contributed by atoms with E-state index in [0.717, 1.165) is 5.56 Å². The van der Waals surface area contributed by atoms with Crippen LogP contribution in [-0.2, 0) is 9.53 Å². The van der Waals surface area contributed by atoms with Crippen molar-refractivity contribution in [1.82, 2.24) is 0 Å². The Hall–Kier alpha value is -3.12. The van der Waals surface area contributed by atoms with Crippen LogP contribution < -0.4 is 5.73 Å². The number of benzene rings is 1. The van der Waals surface area contributed by atoms with Gasteiger partial charge in [0.1, 0.15) is 6.07 Å². The van der Waals surface area contributed by atoms with Gasteiger partial charge < -0.3 is 10.5 Å². The maximum Gasteiger partial charge on any atom is 0.350 e. The van der Waals surface area contributed by atoms with Crippen molar-refractivity contribution in [3.8, 4) is 12.1 Å². The number of allylic oxidation sites excluding steroid dienone is 1. The van der Waals surface area contributed by atoms with Gasteiger partial charge >= 0.3 is 5.97 Å². The zero-order chi connectivity index (χ0) is 16.1. The molecule has 0 radical (unpaired) electrons. The van der Waals surface area contributed by atoms with E-state index in [4.69, 9.17) is 5.73 Å². The molecule has 2 unspecified atom stereocenters. The van der Waals surface area contributed by atoms with E-state index in [1.54, 1.807) is 6.07 Å². The molecule has 0 aromatic heterocycles. The van der Waals surface area contributed by atoms with Gasteiger partial charge in [-0.1, -0.05) is 30.3 Å². The molecule has 110 valence electrons. The van der Waals surface area contributed by atoms with E-state index >= 15 is 0 Å². The second-order valence-corrected chi connectivity index (χ2v) is 4.79. The van der Waals surface area contributed by atoms with E-state index in [1.807, 2.05) is 30.3 Å². The third-order valence-corrected chi connectivity index (χ3v) is 3.51. The Morgan fingerprint density at radius 3 is 2.59 bits per heavy atom. The summed E-state index contributed by atoms with van der Waals surface area (Å²) in [4.78, 5) is 15.8. The first-order valence-corrected chi connectivity index (χ1v) is 6.62. The fourth-order valence-electron chi connectivity index (χ4n) is 2.49. The van der Waals surface area contributed by atoms with Gasteiger partial charge in [0.2, 0.25) is 0 Å². The van der Waals surface area contributed by atoms with Crippen molar-refractivity contribution in [3.05, 3.63) is 47.2 Å². The Morgan fingerprint density at radius 2 is 2.05 bits per heavy atom. The van der Waals surface area contributed by atoms with Gasteiger partial charge in [-0.15, -0.1) is 0 Å². The van der Waals surface area contributed by atoms with Crippen molar-refractivity contribution in [2.75, 3.05) is 7.11 Å². The molecule has 2 N–H and O–H groups in total. The van der Waals surface area contributed by atoms with Gasteiger partial charge in [-0.2, -0.15) is 10.5 Å². The number of hydrogen-bond acceptors (Lipinski definition) is 6. The number of carbonyl (C=O) groups is 1. The minimum Gasteiger partial charge on any atom is -0.465 e. The molecule has 1 aromatic carbocycles. The van der Waals surface area contributed by atoms with Crippen LogP contribution in [0, 0.1) is 28.6 Å². The standard InChI is InChI=1S/C16H14N4O2/c1-22-16(21)13(9-18)15-12(8-17)11(7-14(19)20-15)10-5-3-2-4-6-10/h2-6,11-12H,7H2,1H3,(H2,19,20)/b15-13+. The summed E-state index contributed by atoms with van der Waals surface area (Å²) in [6.07, 6.45) is 0.394. The normalized spacial score (nSPS) is 22.8. The van der Waals surface area contributed by atoms with Gasteiger partial charge in [-0.25, -0.2) is 9.79 Å². The molecule has 1 aliphatic rings.